The molecule has 0 bridgehead atoms. The molecule has 39 heavy (non-hydrogen) atoms. The second-order valence-electron chi connectivity index (χ2n) is 9.87. The molecule has 0 saturated carbocycles. The zero-order valence-electron chi connectivity index (χ0n) is 22.3. The third-order valence-electron chi connectivity index (χ3n) is 6.95. The minimum absolute atomic E-state index is 0.0687. The molecule has 4 aromatic rings. The van der Waals surface area contributed by atoms with Gasteiger partial charge in [-0.15, -0.1) is 0 Å². The maximum absolute atomic E-state index is 13.0. The van der Waals surface area contributed by atoms with Crippen LogP contribution in [0.5, 0.6) is 0 Å². The second-order valence-corrected chi connectivity index (χ2v) is 9.87. The van der Waals surface area contributed by atoms with Crippen molar-refractivity contribution in [2.75, 3.05) is 44.6 Å². The first-order valence-corrected chi connectivity index (χ1v) is 13.5. The summed E-state index contributed by atoms with van der Waals surface area (Å²) >= 11 is 0. The fourth-order valence-corrected chi connectivity index (χ4v) is 4.87. The molecule has 202 valence electrons. The zero-order chi connectivity index (χ0) is 27.0. The number of hydrogen-bond acceptors (Lipinski definition) is 6. The van der Waals surface area contributed by atoms with Crippen LogP contribution < -0.4 is 10.6 Å². The molecule has 0 unspecified atom stereocenters. The normalized spacial score (nSPS) is 13.9. The molecular formula is C30H35N7O2. The van der Waals surface area contributed by atoms with Crippen molar-refractivity contribution in [3.8, 4) is 11.4 Å². The maximum Gasteiger partial charge on any atom is 0.223 e. The molecule has 0 atom stereocenters. The van der Waals surface area contributed by atoms with Crippen molar-refractivity contribution < 1.29 is 9.59 Å². The molecule has 2 amide bonds. The highest BCUT2D eigenvalue weighted by atomic mass is 16.2. The highest BCUT2D eigenvalue weighted by molar-refractivity contribution is 5.89. The number of nitrogens with one attached hydrogen (secondary N) is 3. The molecule has 9 nitrogen and oxygen atoms in total. The number of anilines is 1. The topological polar surface area (TPSA) is 106 Å². The first kappa shape index (κ1) is 26.4. The Morgan fingerprint density at radius 3 is 2.36 bits per heavy atom. The number of amides is 2. The van der Waals surface area contributed by atoms with Crippen LogP contribution in [0.3, 0.4) is 0 Å². The van der Waals surface area contributed by atoms with Crippen LogP contribution in [0.2, 0.25) is 0 Å². The molecular weight excluding hydrogens is 490 g/mol. The largest absolute Gasteiger partial charge is 0.368 e. The van der Waals surface area contributed by atoms with Crippen LogP contribution in [0.25, 0.3) is 22.4 Å². The van der Waals surface area contributed by atoms with Crippen LogP contribution in [-0.2, 0) is 22.6 Å². The summed E-state index contributed by atoms with van der Waals surface area (Å²) in [4.78, 5) is 41.6. The van der Waals surface area contributed by atoms with Crippen LogP contribution in [0.1, 0.15) is 24.6 Å². The van der Waals surface area contributed by atoms with Crippen molar-refractivity contribution in [1.82, 2.24) is 30.1 Å². The molecule has 5 rings (SSSR count). The lowest BCUT2D eigenvalue weighted by molar-refractivity contribution is -0.133. The smallest absolute Gasteiger partial charge is 0.223 e. The number of aryl methyl sites for hydroxylation is 1. The number of hydrogen-bond donors (Lipinski definition) is 3. The van der Waals surface area contributed by atoms with E-state index in [9.17, 15) is 9.59 Å². The van der Waals surface area contributed by atoms with Gasteiger partial charge in [-0.2, -0.15) is 0 Å². The lowest BCUT2D eigenvalue weighted by Crippen LogP contribution is -2.48. The molecule has 1 aliphatic heterocycles. The average molecular weight is 526 g/mol. The molecule has 1 saturated heterocycles. The van der Waals surface area contributed by atoms with E-state index in [1.54, 1.807) is 0 Å². The van der Waals surface area contributed by atoms with Gasteiger partial charge in [-0.3, -0.25) is 14.5 Å². The summed E-state index contributed by atoms with van der Waals surface area (Å²) in [5.41, 5.74) is 3.90. The molecule has 3 heterocycles. The summed E-state index contributed by atoms with van der Waals surface area (Å²) in [5.74, 6) is 1.43. The lowest BCUT2D eigenvalue weighted by atomic mass is 10.1. The predicted octanol–water partition coefficient (Wildman–Crippen LogP) is 3.45. The number of piperazine rings is 1. The lowest BCUT2D eigenvalue weighted by Gasteiger charge is -2.34. The van der Waals surface area contributed by atoms with E-state index in [1.165, 1.54) is 12.5 Å². The molecule has 0 radical (unpaired) electrons. The minimum atomic E-state index is -0.0687. The van der Waals surface area contributed by atoms with E-state index in [0.717, 1.165) is 55.0 Å². The SMILES string of the molecule is CC(=O)NCCNc1nc(-c2ccccc2)nc2[nH]c(CCC(=O)N3CCN(Cc4ccccc4)CC3)cc12. The van der Waals surface area contributed by atoms with E-state index in [-0.39, 0.29) is 11.8 Å². The van der Waals surface area contributed by atoms with Crippen molar-refractivity contribution in [3.63, 3.8) is 0 Å². The number of rotatable bonds is 10. The van der Waals surface area contributed by atoms with Crippen LogP contribution in [-0.4, -0.2) is 75.8 Å². The van der Waals surface area contributed by atoms with Crippen molar-refractivity contribution >= 4 is 28.7 Å². The molecule has 1 fully saturated rings. The van der Waals surface area contributed by atoms with E-state index in [0.29, 0.717) is 37.6 Å². The molecule has 2 aromatic carbocycles. The van der Waals surface area contributed by atoms with Gasteiger partial charge in [0.05, 0.1) is 5.39 Å². The van der Waals surface area contributed by atoms with Crippen LogP contribution >= 0.6 is 0 Å². The van der Waals surface area contributed by atoms with Crippen molar-refractivity contribution in [3.05, 3.63) is 78.0 Å². The van der Waals surface area contributed by atoms with Crippen molar-refractivity contribution in [2.24, 2.45) is 0 Å². The predicted molar refractivity (Wildman–Crippen MR) is 153 cm³/mol. The third-order valence-corrected chi connectivity index (χ3v) is 6.95. The number of H-pyrrole nitrogens is 1. The highest BCUT2D eigenvalue weighted by Crippen LogP contribution is 2.26. The molecule has 9 heteroatoms. The summed E-state index contributed by atoms with van der Waals surface area (Å²) in [6.07, 6.45) is 1.04. The van der Waals surface area contributed by atoms with E-state index >= 15 is 0 Å². The number of aromatic amines is 1. The quantitative estimate of drug-likeness (QED) is 0.274. The molecule has 1 aliphatic rings. The molecule has 2 aromatic heterocycles. The molecule has 0 spiro atoms. The van der Waals surface area contributed by atoms with Crippen LogP contribution in [0.4, 0.5) is 5.82 Å². The first-order chi connectivity index (χ1) is 19.0. The van der Waals surface area contributed by atoms with E-state index in [4.69, 9.17) is 9.97 Å². The standard InChI is InChI=1S/C30H35N7O2/c1-22(38)31-14-15-32-29-26-20-25(33-30(26)35-28(34-29)24-10-6-3-7-11-24)12-13-27(39)37-18-16-36(17-19-37)21-23-8-4-2-5-9-23/h2-11,20H,12-19,21H2,1H3,(H,31,38)(H2,32,33,34,35). The van der Waals surface area contributed by atoms with Gasteiger partial charge < -0.3 is 20.5 Å². The van der Waals surface area contributed by atoms with E-state index < -0.39 is 0 Å². The summed E-state index contributed by atoms with van der Waals surface area (Å²) in [6.45, 7) is 6.74. The minimum Gasteiger partial charge on any atom is -0.368 e. The Labute approximate surface area is 228 Å². The van der Waals surface area contributed by atoms with Gasteiger partial charge in [0.1, 0.15) is 11.5 Å². The van der Waals surface area contributed by atoms with E-state index in [1.807, 2.05) is 47.4 Å². The number of aromatic nitrogens is 3. The summed E-state index contributed by atoms with van der Waals surface area (Å²) < 4.78 is 0. The number of carbonyl (C=O) groups excluding carboxylic acids is 2. The Balaban J connectivity index is 1.22. The summed E-state index contributed by atoms with van der Waals surface area (Å²) in [5, 5.41) is 7.00. The maximum atomic E-state index is 13.0. The fraction of sp³-hybridized carbons (Fsp3) is 0.333. The number of nitrogens with zero attached hydrogens (tertiary/aromatic N) is 4. The van der Waals surface area contributed by atoms with Gasteiger partial charge in [-0.25, -0.2) is 9.97 Å². The highest BCUT2D eigenvalue weighted by Gasteiger charge is 2.21. The van der Waals surface area contributed by atoms with E-state index in [2.05, 4.69) is 44.8 Å². The van der Waals surface area contributed by atoms with Crippen LogP contribution in [0, 0.1) is 0 Å². The zero-order valence-corrected chi connectivity index (χ0v) is 22.3. The number of benzene rings is 2. The summed E-state index contributed by atoms with van der Waals surface area (Å²) in [7, 11) is 0. The van der Waals surface area contributed by atoms with Gasteiger partial charge in [0.2, 0.25) is 11.8 Å². The second kappa shape index (κ2) is 12.5. The fourth-order valence-electron chi connectivity index (χ4n) is 4.87. The first-order valence-electron chi connectivity index (χ1n) is 13.5. The number of carbonyl (C=O) groups is 2. The van der Waals surface area contributed by atoms with Gasteiger partial charge in [0, 0.05) is 70.4 Å². The Morgan fingerprint density at radius 2 is 1.64 bits per heavy atom. The average Bonchev–Trinajstić information content (AvgIpc) is 3.38. The van der Waals surface area contributed by atoms with Crippen molar-refractivity contribution in [2.45, 2.75) is 26.3 Å². The number of fused-ring (bicyclic) bond motifs is 1. The van der Waals surface area contributed by atoms with Gasteiger partial charge in [-0.05, 0) is 18.1 Å². The Morgan fingerprint density at radius 1 is 0.923 bits per heavy atom. The molecule has 0 aliphatic carbocycles. The van der Waals surface area contributed by atoms with Gasteiger partial charge >= 0.3 is 0 Å². The molecule has 3 N–H and O–H groups in total. The van der Waals surface area contributed by atoms with Gasteiger partial charge in [0.15, 0.2) is 5.82 Å². The Bertz CT molecular complexity index is 1400. The Kier molecular flexibility index (Phi) is 8.48. The third kappa shape index (κ3) is 7.00. The monoisotopic (exact) mass is 525 g/mol. The Hall–Kier alpha value is -4.24. The van der Waals surface area contributed by atoms with Crippen molar-refractivity contribution in [1.29, 1.82) is 0 Å². The van der Waals surface area contributed by atoms with Gasteiger partial charge in [-0.1, -0.05) is 60.7 Å². The van der Waals surface area contributed by atoms with Gasteiger partial charge in [0.25, 0.3) is 0 Å². The summed E-state index contributed by atoms with van der Waals surface area (Å²) in [6, 6.07) is 22.3. The van der Waals surface area contributed by atoms with Crippen LogP contribution in [0.15, 0.2) is 66.7 Å².